The molecule has 1 atom stereocenters. The van der Waals surface area contributed by atoms with Crippen molar-refractivity contribution in [1.29, 1.82) is 0 Å². The summed E-state index contributed by atoms with van der Waals surface area (Å²) in [5.74, 6) is 0. The summed E-state index contributed by atoms with van der Waals surface area (Å²) in [4.78, 5) is 0. The summed E-state index contributed by atoms with van der Waals surface area (Å²) < 4.78 is 0. The average molecular weight is 349 g/mol. The molecule has 0 bridgehead atoms. The van der Waals surface area contributed by atoms with Crippen molar-refractivity contribution < 1.29 is 15.9 Å². The van der Waals surface area contributed by atoms with Gasteiger partial charge in [-0.2, -0.15) is 22.0 Å². The third kappa shape index (κ3) is 8.12. The second kappa shape index (κ2) is 11.9. The van der Waals surface area contributed by atoms with Gasteiger partial charge in [-0.05, 0) is 7.05 Å². The number of rotatable bonds is 2. The van der Waals surface area contributed by atoms with Crippen LogP contribution in [0.1, 0.15) is 6.42 Å². The van der Waals surface area contributed by atoms with Gasteiger partial charge in [-0.3, -0.25) is 0 Å². The van der Waals surface area contributed by atoms with Crippen LogP contribution in [0.5, 0.6) is 0 Å². The van der Waals surface area contributed by atoms with E-state index in [1.54, 1.807) is 0 Å². The molecule has 0 heterocycles. The van der Waals surface area contributed by atoms with Gasteiger partial charge in [-0.25, -0.2) is 6.08 Å². The van der Waals surface area contributed by atoms with E-state index in [9.17, 15) is 0 Å². The second-order valence-electron chi connectivity index (χ2n) is 2.27. The van der Waals surface area contributed by atoms with E-state index in [0.29, 0.717) is 0 Å². The first-order valence-electron chi connectivity index (χ1n) is 3.70. The molecular weight excluding hydrogens is 332 g/mol. The molecule has 1 rings (SSSR count). The van der Waals surface area contributed by atoms with Crippen molar-refractivity contribution in [3.63, 3.8) is 0 Å². The van der Waals surface area contributed by atoms with E-state index >= 15 is 0 Å². The van der Waals surface area contributed by atoms with Crippen molar-refractivity contribution in [3.05, 3.63) is 30.0 Å². The third-order valence-electron chi connectivity index (χ3n) is 1.62. The summed E-state index contributed by atoms with van der Waals surface area (Å²) in [7, 11) is 13.5. The Kier molecular flexibility index (Phi) is 14.6. The Morgan fingerprint density at radius 1 is 1.43 bits per heavy atom. The monoisotopic (exact) mass is 347 g/mol. The van der Waals surface area contributed by atoms with Gasteiger partial charge in [0.15, 0.2) is 0 Å². The Labute approximate surface area is 106 Å². The van der Waals surface area contributed by atoms with Gasteiger partial charge in [0.05, 0.1) is 0 Å². The van der Waals surface area contributed by atoms with Crippen LogP contribution in [0.3, 0.4) is 0 Å². The number of hydrogen-bond donors (Lipinski definition) is 2. The van der Waals surface area contributed by atoms with Crippen molar-refractivity contribution in [1.82, 2.24) is 10.6 Å². The molecule has 0 saturated carbocycles. The van der Waals surface area contributed by atoms with Crippen LogP contribution < -0.4 is 10.6 Å². The summed E-state index contributed by atoms with van der Waals surface area (Å²) in [6, 6.07) is 1.26. The van der Waals surface area contributed by atoms with Gasteiger partial charge in [0.1, 0.15) is 0 Å². The van der Waals surface area contributed by atoms with Crippen LogP contribution in [0.15, 0.2) is 23.9 Å². The van der Waals surface area contributed by atoms with Crippen molar-refractivity contribution >= 4 is 29.0 Å². The Morgan fingerprint density at radius 3 is 2.29 bits per heavy atom. The van der Waals surface area contributed by atoms with Crippen LogP contribution in [0.25, 0.3) is 0 Å². The van der Waals surface area contributed by atoms with E-state index in [2.05, 4.69) is 28.9 Å². The molecule has 0 saturated heterocycles. The summed E-state index contributed by atoms with van der Waals surface area (Å²) in [5.41, 5.74) is 1.19. The minimum atomic E-state index is -0.106. The average Bonchev–Trinajstić information content (AvgIpc) is 2.19. The fourth-order valence-electron chi connectivity index (χ4n) is 0.917. The van der Waals surface area contributed by atoms with Crippen LogP contribution >= 0.6 is 29.0 Å². The molecule has 0 amide bonds. The van der Waals surface area contributed by atoms with Gasteiger partial charge in [0, 0.05) is 7.05 Å². The van der Waals surface area contributed by atoms with Gasteiger partial charge in [-0.1, -0.05) is 18.2 Å². The zero-order valence-electron chi connectivity index (χ0n) is 8.22. The van der Waals surface area contributed by atoms with Crippen LogP contribution in [0.4, 0.5) is 0 Å². The van der Waals surface area contributed by atoms with Gasteiger partial charge < -0.3 is 10.6 Å². The molecule has 14 heavy (non-hydrogen) atoms. The summed E-state index contributed by atoms with van der Waals surface area (Å²) >= 11 is -0.106. The molecule has 1 aliphatic carbocycles. The number of hydrogen-bond acceptors (Lipinski definition) is 2. The number of nitrogens with one attached hydrogen (secondary N) is 2. The summed E-state index contributed by atoms with van der Waals surface area (Å²) in [5, 5.41) is 6.19. The van der Waals surface area contributed by atoms with E-state index in [0.717, 1.165) is 6.42 Å². The molecule has 6 heteroatoms. The molecular formula is C8H16Cl2N2PPd-. The summed E-state index contributed by atoms with van der Waals surface area (Å²) in [6.07, 6.45) is 7.32. The number of allylic oxidation sites excluding steroid dienone is 1. The van der Waals surface area contributed by atoms with Crippen molar-refractivity contribution in [2.45, 2.75) is 6.42 Å². The maximum atomic E-state index is 4.81. The Bertz CT molecular complexity index is 188. The van der Waals surface area contributed by atoms with E-state index in [1.165, 1.54) is 11.7 Å². The molecule has 0 spiro atoms. The van der Waals surface area contributed by atoms with Gasteiger partial charge in [-0.15, -0.1) is 0 Å². The van der Waals surface area contributed by atoms with Crippen LogP contribution in [0, 0.1) is 6.04 Å². The van der Waals surface area contributed by atoms with Crippen LogP contribution in [0.2, 0.25) is 0 Å². The topological polar surface area (TPSA) is 24.1 Å². The van der Waals surface area contributed by atoms with E-state index < -0.39 is 0 Å². The zero-order chi connectivity index (χ0) is 10.1. The first kappa shape index (κ1) is 17.2. The Balaban J connectivity index is 0. The molecule has 0 radical (unpaired) electrons. The van der Waals surface area contributed by atoms with E-state index in [4.69, 9.17) is 19.1 Å². The van der Waals surface area contributed by atoms with Crippen molar-refractivity contribution in [2.24, 2.45) is 0 Å². The molecule has 0 aromatic heterocycles. The first-order chi connectivity index (χ1) is 6.28. The second-order valence-corrected chi connectivity index (χ2v) is 4.63. The van der Waals surface area contributed by atoms with Crippen LogP contribution in [-0.4, -0.2) is 14.1 Å². The quantitative estimate of drug-likeness (QED) is 0.454. The molecule has 1 aliphatic rings. The zero-order valence-corrected chi connectivity index (χ0v) is 12.7. The molecule has 88 valence electrons. The fourth-order valence-corrected chi connectivity index (χ4v) is 0.917. The molecule has 0 aliphatic heterocycles. The number of likely N-dealkylation sites (N-methyl/N-ethyl adjacent to an activating group) is 2. The summed E-state index contributed by atoms with van der Waals surface area (Å²) in [6.45, 7) is 0. The van der Waals surface area contributed by atoms with E-state index in [-0.39, 0.29) is 25.8 Å². The molecule has 0 aromatic carbocycles. The third-order valence-corrected chi connectivity index (χ3v) is 1.62. The predicted molar refractivity (Wildman–Crippen MR) is 66.0 cm³/mol. The molecule has 2 N–H and O–H groups in total. The van der Waals surface area contributed by atoms with Gasteiger partial charge in [0.25, 0.3) is 0 Å². The first-order valence-corrected chi connectivity index (χ1v) is 7.70. The Hall–Kier alpha value is 0.782. The predicted octanol–water partition coefficient (Wildman–Crippen LogP) is 2.24. The molecule has 0 aromatic rings. The normalized spacial score (nSPS) is 13.7. The van der Waals surface area contributed by atoms with E-state index in [1.807, 2.05) is 14.1 Å². The standard InChI is InChI=1S/C8H13N2.2ClH.H3P.Pd/c1-9-7-3-5-8(10-2)6-4-7;;;;/h3-5,9-10H,6H2,1-2H3;2*1H;1H3;/q-1;;;;+2/p-2. The molecule has 0 fully saturated rings. The van der Waals surface area contributed by atoms with Gasteiger partial charge >= 0.3 is 35.0 Å². The number of halogens is 2. The fraction of sp³-hybridized carbons (Fsp3) is 0.375. The SMILES string of the molecule is CNC1=CC[C-](NC)C=C1.P.[Cl][Pd][Cl]. The maximum absolute atomic E-state index is 4.81. The van der Waals surface area contributed by atoms with Crippen molar-refractivity contribution in [2.75, 3.05) is 14.1 Å². The van der Waals surface area contributed by atoms with Gasteiger partial charge in [0.2, 0.25) is 0 Å². The Morgan fingerprint density at radius 2 is 2.00 bits per heavy atom. The minimum absolute atomic E-state index is 0. The van der Waals surface area contributed by atoms with Crippen LogP contribution in [-0.2, 0) is 15.9 Å². The molecule has 2 nitrogen and oxygen atoms in total. The molecule has 1 unspecified atom stereocenters. The van der Waals surface area contributed by atoms with Crippen molar-refractivity contribution in [3.8, 4) is 0 Å².